The molecule has 33 heavy (non-hydrogen) atoms. The van der Waals surface area contributed by atoms with Gasteiger partial charge in [0, 0.05) is 28.2 Å². The average Bonchev–Trinajstić information content (AvgIpc) is 3.25. The molecule has 0 radical (unpaired) electrons. The number of halogens is 9. The van der Waals surface area contributed by atoms with Crippen LogP contribution in [0.4, 0.5) is 18.9 Å². The van der Waals surface area contributed by atoms with Crippen LogP contribution in [-0.4, -0.2) is 28.9 Å². The molecule has 2 aromatic rings. The van der Waals surface area contributed by atoms with Crippen LogP contribution in [0.5, 0.6) is 0 Å². The SMILES string of the molecule is O=C(NCCC(F)(F)F)c1cc(NC(=O)C2C(c3cc(Cl)cc(Cl)c3)C2(Cl)Cl)cc(Cl)c1Cl. The van der Waals surface area contributed by atoms with Crippen LogP contribution in [0.15, 0.2) is 30.3 Å². The second kappa shape index (κ2) is 9.88. The molecule has 4 nitrogen and oxygen atoms in total. The smallest absolute Gasteiger partial charge is 0.352 e. The summed E-state index contributed by atoms with van der Waals surface area (Å²) in [5.74, 6) is -2.95. The van der Waals surface area contributed by atoms with E-state index in [1.165, 1.54) is 18.2 Å². The molecule has 0 heterocycles. The van der Waals surface area contributed by atoms with Crippen LogP contribution >= 0.6 is 69.6 Å². The van der Waals surface area contributed by atoms with Crippen molar-refractivity contribution in [3.05, 3.63) is 61.5 Å². The number of nitrogens with one attached hydrogen (secondary N) is 2. The zero-order valence-corrected chi connectivity index (χ0v) is 20.7. The molecule has 1 fully saturated rings. The highest BCUT2D eigenvalue weighted by atomic mass is 35.5. The van der Waals surface area contributed by atoms with Gasteiger partial charge in [-0.2, -0.15) is 13.2 Å². The molecule has 2 aromatic carbocycles. The van der Waals surface area contributed by atoms with Crippen LogP contribution in [0, 0.1) is 5.92 Å². The molecular weight excluding hydrogens is 570 g/mol. The lowest BCUT2D eigenvalue weighted by atomic mass is 10.1. The highest BCUT2D eigenvalue weighted by molar-refractivity contribution is 6.53. The van der Waals surface area contributed by atoms with Gasteiger partial charge in [-0.1, -0.05) is 46.4 Å². The number of carbonyl (C=O) groups is 2. The summed E-state index contributed by atoms with van der Waals surface area (Å²) in [5, 5.41) is 5.09. The molecule has 3 rings (SSSR count). The van der Waals surface area contributed by atoms with Gasteiger partial charge in [0.25, 0.3) is 5.91 Å². The molecule has 2 unspecified atom stereocenters. The maximum Gasteiger partial charge on any atom is 0.390 e. The zero-order valence-electron chi connectivity index (χ0n) is 16.2. The van der Waals surface area contributed by atoms with E-state index in [1.807, 2.05) is 0 Å². The summed E-state index contributed by atoms with van der Waals surface area (Å²) < 4.78 is 35.5. The van der Waals surface area contributed by atoms with Crippen LogP contribution < -0.4 is 10.6 Å². The first kappa shape index (κ1) is 26.5. The fourth-order valence-electron chi connectivity index (χ4n) is 3.28. The Kier molecular flexibility index (Phi) is 7.94. The number of hydrogen-bond donors (Lipinski definition) is 2. The Morgan fingerprint density at radius 3 is 2.15 bits per heavy atom. The predicted octanol–water partition coefficient (Wildman–Crippen LogP) is 7.51. The molecule has 178 valence electrons. The van der Waals surface area contributed by atoms with Gasteiger partial charge in [-0.05, 0) is 35.9 Å². The summed E-state index contributed by atoms with van der Waals surface area (Å²) in [5.41, 5.74) is 0.435. The molecule has 1 aliphatic rings. The van der Waals surface area contributed by atoms with Crippen LogP contribution in [0.3, 0.4) is 0 Å². The topological polar surface area (TPSA) is 58.2 Å². The van der Waals surface area contributed by atoms with E-state index in [4.69, 9.17) is 69.6 Å². The number of benzene rings is 2. The molecule has 0 bridgehead atoms. The number of carbonyl (C=O) groups excluding carboxylic acids is 2. The van der Waals surface area contributed by atoms with Gasteiger partial charge in [0.2, 0.25) is 5.91 Å². The van der Waals surface area contributed by atoms with E-state index in [0.717, 1.165) is 0 Å². The van der Waals surface area contributed by atoms with Gasteiger partial charge in [-0.15, -0.1) is 23.2 Å². The number of alkyl halides is 5. The summed E-state index contributed by atoms with van der Waals surface area (Å²) in [4.78, 5) is 25.1. The van der Waals surface area contributed by atoms with E-state index in [-0.39, 0.29) is 21.3 Å². The molecule has 0 spiro atoms. The van der Waals surface area contributed by atoms with Gasteiger partial charge in [0.1, 0.15) is 4.33 Å². The fourth-order valence-corrected chi connectivity index (χ4v) is 5.07. The minimum Gasteiger partial charge on any atom is -0.352 e. The second-order valence-electron chi connectivity index (χ2n) is 7.26. The lowest BCUT2D eigenvalue weighted by molar-refractivity contribution is -0.133. The van der Waals surface area contributed by atoms with Gasteiger partial charge in [-0.25, -0.2) is 0 Å². The highest BCUT2D eigenvalue weighted by Crippen LogP contribution is 2.65. The van der Waals surface area contributed by atoms with E-state index < -0.39 is 47.1 Å². The van der Waals surface area contributed by atoms with Crippen LogP contribution in [0.2, 0.25) is 20.1 Å². The molecule has 1 saturated carbocycles. The third-order valence-electron chi connectivity index (χ3n) is 4.81. The zero-order chi connectivity index (χ0) is 24.7. The highest BCUT2D eigenvalue weighted by Gasteiger charge is 2.67. The van der Waals surface area contributed by atoms with Crippen molar-refractivity contribution in [3.63, 3.8) is 0 Å². The summed E-state index contributed by atoms with van der Waals surface area (Å²) in [7, 11) is 0. The Hall–Kier alpha value is -1.09. The lowest BCUT2D eigenvalue weighted by Gasteiger charge is -2.12. The third-order valence-corrected chi connectivity index (χ3v) is 6.99. The summed E-state index contributed by atoms with van der Waals surface area (Å²) >= 11 is 36.7. The fraction of sp³-hybridized carbons (Fsp3) is 0.300. The molecule has 13 heteroatoms. The Bertz CT molecular complexity index is 1090. The Morgan fingerprint density at radius 2 is 1.58 bits per heavy atom. The molecule has 0 saturated heterocycles. The normalized spacial score (nSPS) is 19.2. The molecule has 2 amide bonds. The molecule has 0 aliphatic heterocycles. The van der Waals surface area contributed by atoms with E-state index >= 15 is 0 Å². The standard InChI is InChI=1S/C20H13Cl6F3N2O2/c21-9-3-8(4-10(22)5-9)14-15(20(14,25)26)18(33)31-11-6-12(16(24)13(23)7-11)17(32)30-2-1-19(27,28)29/h3-7,14-15H,1-2H2,(H,30,32)(H,31,33). The van der Waals surface area contributed by atoms with Crippen molar-refractivity contribution in [1.82, 2.24) is 5.32 Å². The Balaban J connectivity index is 1.76. The van der Waals surface area contributed by atoms with Crippen molar-refractivity contribution < 1.29 is 22.8 Å². The van der Waals surface area contributed by atoms with E-state index in [0.29, 0.717) is 15.6 Å². The first-order valence-electron chi connectivity index (χ1n) is 9.19. The molecule has 0 aromatic heterocycles. The number of anilines is 1. The van der Waals surface area contributed by atoms with Gasteiger partial charge in [0.15, 0.2) is 0 Å². The van der Waals surface area contributed by atoms with Gasteiger partial charge in [-0.3, -0.25) is 9.59 Å². The average molecular weight is 583 g/mol. The van der Waals surface area contributed by atoms with Crippen molar-refractivity contribution >= 4 is 87.1 Å². The second-order valence-corrected chi connectivity index (χ2v) is 10.4. The summed E-state index contributed by atoms with van der Waals surface area (Å²) in [6.07, 6.45) is -5.65. The van der Waals surface area contributed by atoms with Crippen molar-refractivity contribution in [1.29, 1.82) is 0 Å². The van der Waals surface area contributed by atoms with E-state index in [1.54, 1.807) is 12.1 Å². The molecule has 2 N–H and O–H groups in total. The van der Waals surface area contributed by atoms with E-state index in [9.17, 15) is 22.8 Å². The third kappa shape index (κ3) is 6.32. The Morgan fingerprint density at radius 1 is 0.970 bits per heavy atom. The molecular formula is C20H13Cl6F3N2O2. The Labute approximate surface area is 216 Å². The largest absolute Gasteiger partial charge is 0.390 e. The maximum atomic E-state index is 12.9. The van der Waals surface area contributed by atoms with Crippen molar-refractivity contribution in [3.8, 4) is 0 Å². The first-order valence-corrected chi connectivity index (χ1v) is 11.5. The van der Waals surface area contributed by atoms with Gasteiger partial charge in [0.05, 0.1) is 27.9 Å². The van der Waals surface area contributed by atoms with Crippen molar-refractivity contribution in [2.24, 2.45) is 5.92 Å². The summed E-state index contributed by atoms with van der Waals surface area (Å²) in [6.45, 7) is -0.653. The molecule has 1 aliphatic carbocycles. The van der Waals surface area contributed by atoms with Gasteiger partial charge >= 0.3 is 6.18 Å². The maximum absolute atomic E-state index is 12.9. The lowest BCUT2D eigenvalue weighted by Crippen LogP contribution is -2.28. The van der Waals surface area contributed by atoms with Crippen molar-refractivity contribution in [2.75, 3.05) is 11.9 Å². The van der Waals surface area contributed by atoms with Crippen LogP contribution in [-0.2, 0) is 4.79 Å². The minimum absolute atomic E-state index is 0.0780. The monoisotopic (exact) mass is 580 g/mol. The number of amides is 2. The van der Waals surface area contributed by atoms with Crippen LogP contribution in [0.25, 0.3) is 0 Å². The quantitative estimate of drug-likeness (QED) is 0.346. The first-order chi connectivity index (χ1) is 15.2. The van der Waals surface area contributed by atoms with Gasteiger partial charge < -0.3 is 10.6 Å². The predicted molar refractivity (Wildman–Crippen MR) is 125 cm³/mol. The molecule has 2 atom stereocenters. The summed E-state index contributed by atoms with van der Waals surface area (Å²) in [6, 6.07) is 7.17. The van der Waals surface area contributed by atoms with Crippen molar-refractivity contribution in [2.45, 2.75) is 22.8 Å². The number of rotatable bonds is 6. The minimum atomic E-state index is -4.44. The number of hydrogen-bond acceptors (Lipinski definition) is 2. The van der Waals surface area contributed by atoms with E-state index in [2.05, 4.69) is 10.6 Å². The van der Waals surface area contributed by atoms with Crippen LogP contribution in [0.1, 0.15) is 28.3 Å².